The van der Waals surface area contributed by atoms with E-state index in [1.807, 2.05) is 60.7 Å². The van der Waals surface area contributed by atoms with E-state index in [2.05, 4.69) is 41.7 Å². The minimum absolute atomic E-state index is 0.00661. The Kier molecular flexibility index (Phi) is 12.4. The number of nitrogens with zero attached hydrogens (tertiary/aromatic N) is 2. The standard InChI is InChI=1S/C22H18ClFN4O2.C21H13ClF4N4O/c1-30-15-9-7-13(8-10-15)12-25-22(29)26-21-17-11-16(14-5-3-2-4-6-14)18(23)19(24)20(17)27-28-21;22-16-14(11-4-2-1-3-5-11)10-15-18(17(16)23)29-30-19(15)28-20(31)27-13-8-6-12(7-9-13)21(24,25)26/h2-11H,12H2,1H3,(H3,25,26,27,28,29);1-10H,(H3,27,28,29,30,31). The van der Waals surface area contributed by atoms with Crippen LogP contribution in [0.2, 0.25) is 10.0 Å². The maximum absolute atomic E-state index is 14.8. The van der Waals surface area contributed by atoms with Gasteiger partial charge >= 0.3 is 18.2 Å². The van der Waals surface area contributed by atoms with Crippen molar-refractivity contribution in [2.75, 3.05) is 23.1 Å². The lowest BCUT2D eigenvalue weighted by molar-refractivity contribution is -0.137. The molecule has 11 nitrogen and oxygen atoms in total. The maximum Gasteiger partial charge on any atom is 0.416 e. The van der Waals surface area contributed by atoms with Gasteiger partial charge in [-0.3, -0.25) is 20.8 Å². The minimum Gasteiger partial charge on any atom is -0.497 e. The summed E-state index contributed by atoms with van der Waals surface area (Å²) in [6.07, 6.45) is -4.48. The van der Waals surface area contributed by atoms with Crippen molar-refractivity contribution in [2.24, 2.45) is 0 Å². The largest absolute Gasteiger partial charge is 0.497 e. The van der Waals surface area contributed by atoms with Gasteiger partial charge in [0.2, 0.25) is 0 Å². The number of methoxy groups -OCH3 is 1. The van der Waals surface area contributed by atoms with Gasteiger partial charge in [-0.15, -0.1) is 0 Å². The first kappa shape index (κ1) is 42.0. The summed E-state index contributed by atoms with van der Waals surface area (Å²) in [6.45, 7) is 0.313. The molecule has 0 atom stereocenters. The molecule has 6 aromatic carbocycles. The zero-order chi connectivity index (χ0) is 43.3. The number of nitrogens with one attached hydrogen (secondary N) is 6. The highest BCUT2D eigenvalue weighted by Crippen LogP contribution is 2.38. The zero-order valence-electron chi connectivity index (χ0n) is 31.5. The third-order valence-electron chi connectivity index (χ3n) is 9.20. The summed E-state index contributed by atoms with van der Waals surface area (Å²) < 4.78 is 72.6. The van der Waals surface area contributed by atoms with E-state index >= 15 is 0 Å². The molecule has 0 radical (unpaired) electrons. The number of ether oxygens (including phenoxy) is 1. The Morgan fingerprint density at radius 2 is 1.13 bits per heavy atom. The predicted molar refractivity (Wildman–Crippen MR) is 226 cm³/mol. The SMILES string of the molecule is COc1ccc(CNC(=O)Nc2n[nH]c3c(F)c(Cl)c(-c4ccccc4)cc23)cc1.O=C(Nc1ccc(C(F)(F)F)cc1)Nc1n[nH]c2c(F)c(Cl)c(-c3ccccc3)cc12. The highest BCUT2D eigenvalue weighted by Gasteiger charge is 2.30. The number of anilines is 3. The molecule has 0 saturated carbocycles. The predicted octanol–water partition coefficient (Wildman–Crippen LogP) is 12.0. The summed E-state index contributed by atoms with van der Waals surface area (Å²) in [5.74, 6) is -0.354. The van der Waals surface area contributed by atoms with Crippen LogP contribution in [0.5, 0.6) is 5.75 Å². The van der Waals surface area contributed by atoms with Crippen LogP contribution in [0.15, 0.2) is 121 Å². The molecule has 18 heteroatoms. The number of fused-ring (bicyclic) bond motifs is 2. The molecular weight excluding hydrogens is 842 g/mol. The summed E-state index contributed by atoms with van der Waals surface area (Å²) in [7, 11) is 1.59. The first-order chi connectivity index (χ1) is 29.3. The number of aromatic amines is 2. The number of alkyl halides is 3. The Balaban J connectivity index is 0.000000184. The molecule has 0 spiro atoms. The molecule has 0 aliphatic heterocycles. The topological polar surface area (TPSA) is 149 Å². The number of rotatable bonds is 8. The van der Waals surface area contributed by atoms with Crippen LogP contribution in [0, 0.1) is 11.6 Å². The molecule has 61 heavy (non-hydrogen) atoms. The van der Waals surface area contributed by atoms with E-state index < -0.39 is 35.4 Å². The van der Waals surface area contributed by atoms with Gasteiger partial charge in [-0.05, 0) is 65.2 Å². The minimum atomic E-state index is -4.48. The molecular formula is C43H31Cl2F5N8O3. The highest BCUT2D eigenvalue weighted by atomic mass is 35.5. The average molecular weight is 874 g/mol. The van der Waals surface area contributed by atoms with Gasteiger partial charge in [-0.25, -0.2) is 18.4 Å². The quantitative estimate of drug-likeness (QED) is 0.0841. The molecule has 2 aromatic heterocycles. The smallest absolute Gasteiger partial charge is 0.416 e. The second-order valence-electron chi connectivity index (χ2n) is 13.1. The van der Waals surface area contributed by atoms with Crippen molar-refractivity contribution in [1.82, 2.24) is 25.7 Å². The molecule has 0 unspecified atom stereocenters. The number of carbonyl (C=O) groups excluding carboxylic acids is 2. The number of benzene rings is 6. The number of hydrogen-bond donors (Lipinski definition) is 6. The van der Waals surface area contributed by atoms with E-state index in [1.165, 1.54) is 0 Å². The van der Waals surface area contributed by atoms with Crippen LogP contribution in [0.25, 0.3) is 44.1 Å². The molecule has 6 N–H and O–H groups in total. The van der Waals surface area contributed by atoms with Crippen LogP contribution in [0.4, 0.5) is 48.9 Å². The van der Waals surface area contributed by atoms with E-state index in [9.17, 15) is 31.5 Å². The van der Waals surface area contributed by atoms with Gasteiger partial charge in [-0.2, -0.15) is 23.4 Å². The summed E-state index contributed by atoms with van der Waals surface area (Å²) >= 11 is 12.4. The molecule has 0 bridgehead atoms. The Morgan fingerprint density at radius 3 is 1.59 bits per heavy atom. The van der Waals surface area contributed by atoms with Crippen LogP contribution >= 0.6 is 23.2 Å². The molecule has 310 valence electrons. The molecule has 0 aliphatic carbocycles. The highest BCUT2D eigenvalue weighted by molar-refractivity contribution is 6.35. The van der Waals surface area contributed by atoms with Crippen LogP contribution in [-0.4, -0.2) is 39.6 Å². The summed E-state index contributed by atoms with van der Waals surface area (Å²) in [5.41, 5.74) is 2.73. The van der Waals surface area contributed by atoms with Crippen molar-refractivity contribution in [1.29, 1.82) is 0 Å². The van der Waals surface area contributed by atoms with Crippen LogP contribution in [0.3, 0.4) is 0 Å². The fourth-order valence-electron chi connectivity index (χ4n) is 6.12. The van der Waals surface area contributed by atoms with Crippen molar-refractivity contribution in [3.8, 4) is 28.0 Å². The van der Waals surface area contributed by atoms with Gasteiger partial charge in [0.05, 0.1) is 22.7 Å². The van der Waals surface area contributed by atoms with Crippen molar-refractivity contribution in [3.63, 3.8) is 0 Å². The molecule has 8 rings (SSSR count). The fraction of sp³-hybridized carbons (Fsp3) is 0.0698. The molecule has 0 saturated heterocycles. The summed E-state index contributed by atoms with van der Waals surface area (Å²) in [6, 6.07) is 31.5. The van der Waals surface area contributed by atoms with Gasteiger partial charge in [0.15, 0.2) is 23.3 Å². The van der Waals surface area contributed by atoms with Gasteiger partial charge in [0.25, 0.3) is 0 Å². The van der Waals surface area contributed by atoms with Crippen molar-refractivity contribution in [3.05, 3.63) is 154 Å². The van der Waals surface area contributed by atoms with Gasteiger partial charge < -0.3 is 15.4 Å². The molecule has 0 aliphatic rings. The van der Waals surface area contributed by atoms with E-state index in [1.54, 1.807) is 43.5 Å². The Bertz CT molecular complexity index is 2840. The van der Waals surface area contributed by atoms with Gasteiger partial charge in [-0.1, -0.05) is 96.0 Å². The Hall–Kier alpha value is -7.17. The number of aromatic nitrogens is 4. The molecule has 2 heterocycles. The second kappa shape index (κ2) is 18.0. The first-order valence-electron chi connectivity index (χ1n) is 18.1. The monoisotopic (exact) mass is 872 g/mol. The van der Waals surface area contributed by atoms with E-state index in [-0.39, 0.29) is 43.8 Å². The first-order valence-corrected chi connectivity index (χ1v) is 18.8. The molecule has 4 amide bonds. The number of H-pyrrole nitrogens is 2. The summed E-state index contributed by atoms with van der Waals surface area (Å²) in [4.78, 5) is 24.6. The van der Waals surface area contributed by atoms with E-state index in [0.717, 1.165) is 41.1 Å². The van der Waals surface area contributed by atoms with Crippen molar-refractivity contribution >= 4 is 74.4 Å². The van der Waals surface area contributed by atoms with E-state index in [0.29, 0.717) is 28.6 Å². The number of carbonyl (C=O) groups is 2. The normalized spacial score (nSPS) is 11.1. The average Bonchev–Trinajstić information content (AvgIpc) is 3.86. The second-order valence-corrected chi connectivity index (χ2v) is 13.9. The third kappa shape index (κ3) is 9.51. The number of amides is 4. The number of hydrogen-bond acceptors (Lipinski definition) is 5. The lowest BCUT2D eigenvalue weighted by atomic mass is 10.0. The van der Waals surface area contributed by atoms with Gasteiger partial charge in [0, 0.05) is 34.1 Å². The third-order valence-corrected chi connectivity index (χ3v) is 9.94. The summed E-state index contributed by atoms with van der Waals surface area (Å²) in [5, 5.41) is 23.9. The zero-order valence-corrected chi connectivity index (χ0v) is 33.0. The Morgan fingerprint density at radius 1 is 0.656 bits per heavy atom. The molecule has 8 aromatic rings. The van der Waals surface area contributed by atoms with Crippen LogP contribution in [0.1, 0.15) is 11.1 Å². The fourth-order valence-corrected chi connectivity index (χ4v) is 6.64. The number of urea groups is 2. The van der Waals surface area contributed by atoms with E-state index in [4.69, 9.17) is 27.9 Å². The molecule has 0 fully saturated rings. The van der Waals surface area contributed by atoms with Crippen LogP contribution < -0.4 is 26.0 Å². The van der Waals surface area contributed by atoms with Crippen molar-refractivity contribution in [2.45, 2.75) is 12.7 Å². The Labute approximate surface area is 353 Å². The lowest BCUT2D eigenvalue weighted by Gasteiger charge is -2.10. The lowest BCUT2D eigenvalue weighted by Crippen LogP contribution is -2.28. The van der Waals surface area contributed by atoms with Crippen LogP contribution in [-0.2, 0) is 12.7 Å². The number of halogens is 7. The van der Waals surface area contributed by atoms with Gasteiger partial charge in [0.1, 0.15) is 16.8 Å². The maximum atomic E-state index is 14.8. The van der Waals surface area contributed by atoms with Crippen molar-refractivity contribution < 1.29 is 36.3 Å².